The number of hydrogen-bond acceptors (Lipinski definition) is 6. The number of piperidine rings is 1. The lowest BCUT2D eigenvalue weighted by molar-refractivity contribution is -0.160. The van der Waals surface area contributed by atoms with E-state index in [0.29, 0.717) is 29.2 Å². The number of amides is 1. The largest absolute Gasteiger partial charge is 0.479 e. The molecule has 254 valence electrons. The molecule has 48 heavy (non-hydrogen) atoms. The topological polar surface area (TPSA) is 83.0 Å². The SMILES string of the molecule is Cc1nc(C)c([C@H](OC(C)(C)C)C(=O)O)c(N2CCC(C)(C)CC2)c1-c1ccc(CN(Cc2ccc(F)cc2)C(=O)c2cccs2)cc1. The first-order valence-corrected chi connectivity index (χ1v) is 17.3. The number of aromatic nitrogens is 1. The van der Waals surface area contributed by atoms with E-state index in [1.54, 1.807) is 17.0 Å². The van der Waals surface area contributed by atoms with Gasteiger partial charge < -0.3 is 19.6 Å². The number of ether oxygens (including phenoxy) is 1. The van der Waals surface area contributed by atoms with Crippen LogP contribution in [0.2, 0.25) is 0 Å². The number of rotatable bonds is 10. The molecule has 1 saturated heterocycles. The predicted molar refractivity (Wildman–Crippen MR) is 190 cm³/mol. The van der Waals surface area contributed by atoms with Gasteiger partial charge in [0.15, 0.2) is 6.10 Å². The number of carbonyl (C=O) groups is 2. The van der Waals surface area contributed by atoms with Gasteiger partial charge in [0.2, 0.25) is 0 Å². The van der Waals surface area contributed by atoms with Gasteiger partial charge in [0, 0.05) is 48.7 Å². The molecule has 4 aromatic rings. The third-order valence-electron chi connectivity index (χ3n) is 8.89. The minimum absolute atomic E-state index is 0.0875. The van der Waals surface area contributed by atoms with Crippen molar-refractivity contribution in [1.29, 1.82) is 0 Å². The van der Waals surface area contributed by atoms with Gasteiger partial charge >= 0.3 is 5.97 Å². The second kappa shape index (κ2) is 14.2. The summed E-state index contributed by atoms with van der Waals surface area (Å²) >= 11 is 1.39. The standard InChI is InChI=1S/C39H46FN3O4S/c1-25-32(34(42-20-18-39(6,7)19-21-42)33(26(2)41-25)35(37(45)46)47-38(3,4)5)29-14-10-27(11-15-29)23-43(36(44)31-9-8-22-48-31)24-28-12-16-30(40)17-13-28/h8-17,22,35H,18-21,23-24H2,1-7H3,(H,45,46)/t35-/m0/s1. The van der Waals surface area contributed by atoms with E-state index < -0.39 is 17.7 Å². The highest BCUT2D eigenvalue weighted by molar-refractivity contribution is 7.12. The first-order valence-electron chi connectivity index (χ1n) is 16.4. The molecule has 0 bridgehead atoms. The number of carboxylic acids is 1. The Morgan fingerprint density at radius 3 is 2.08 bits per heavy atom. The maximum absolute atomic E-state index is 13.6. The molecular weight excluding hydrogens is 626 g/mol. The van der Waals surface area contributed by atoms with Gasteiger partial charge in [-0.1, -0.05) is 56.3 Å². The Kier molecular flexibility index (Phi) is 10.4. The summed E-state index contributed by atoms with van der Waals surface area (Å²) in [7, 11) is 0. The average Bonchev–Trinajstić information content (AvgIpc) is 3.56. The summed E-state index contributed by atoms with van der Waals surface area (Å²) in [5.41, 5.74) is 6.01. The number of aliphatic carboxylic acids is 1. The Hall–Kier alpha value is -4.08. The third-order valence-corrected chi connectivity index (χ3v) is 9.75. The summed E-state index contributed by atoms with van der Waals surface area (Å²) in [6.07, 6.45) is 0.764. The molecule has 1 aliphatic rings. The number of hydrogen-bond donors (Lipinski definition) is 1. The molecule has 1 aliphatic heterocycles. The lowest BCUT2D eigenvalue weighted by atomic mass is 9.81. The molecule has 9 heteroatoms. The van der Waals surface area contributed by atoms with Crippen LogP contribution in [0.25, 0.3) is 11.1 Å². The van der Waals surface area contributed by atoms with Crippen LogP contribution < -0.4 is 4.90 Å². The van der Waals surface area contributed by atoms with Gasteiger partial charge in [-0.05, 0) is 93.1 Å². The molecule has 1 fully saturated rings. The van der Waals surface area contributed by atoms with E-state index in [4.69, 9.17) is 9.72 Å². The molecular formula is C39H46FN3O4S. The van der Waals surface area contributed by atoms with Gasteiger partial charge in [0.05, 0.1) is 16.2 Å². The van der Waals surface area contributed by atoms with Crippen LogP contribution in [0.1, 0.15) is 91.3 Å². The Labute approximate surface area is 287 Å². The summed E-state index contributed by atoms with van der Waals surface area (Å²) in [4.78, 5) is 36.0. The number of anilines is 1. The number of halogens is 1. The number of thiophene rings is 1. The smallest absolute Gasteiger partial charge is 0.337 e. The normalized spacial score (nSPS) is 15.3. The lowest BCUT2D eigenvalue weighted by Gasteiger charge is -2.41. The maximum atomic E-state index is 13.6. The van der Waals surface area contributed by atoms with Crippen molar-refractivity contribution in [2.45, 2.75) is 86.1 Å². The quantitative estimate of drug-likeness (QED) is 0.181. The number of benzene rings is 2. The Balaban J connectivity index is 1.55. The Bertz CT molecular complexity index is 1740. The molecule has 0 saturated carbocycles. The van der Waals surface area contributed by atoms with Crippen molar-refractivity contribution >= 4 is 28.9 Å². The Morgan fingerprint density at radius 2 is 1.56 bits per heavy atom. The highest BCUT2D eigenvalue weighted by atomic mass is 32.1. The third kappa shape index (κ3) is 8.31. The minimum atomic E-state index is -1.19. The molecule has 0 aliphatic carbocycles. The molecule has 2 aromatic heterocycles. The van der Waals surface area contributed by atoms with Crippen molar-refractivity contribution < 1.29 is 23.8 Å². The number of nitrogens with zero attached hydrogens (tertiary/aromatic N) is 3. The van der Waals surface area contributed by atoms with E-state index >= 15 is 0 Å². The monoisotopic (exact) mass is 671 g/mol. The molecule has 1 atom stereocenters. The fraction of sp³-hybridized carbons (Fsp3) is 0.410. The number of pyridine rings is 1. The highest BCUT2D eigenvalue weighted by Gasteiger charge is 2.36. The van der Waals surface area contributed by atoms with Crippen molar-refractivity contribution in [2.75, 3.05) is 18.0 Å². The zero-order chi connectivity index (χ0) is 34.8. The molecule has 5 rings (SSSR count). The second-order valence-corrected chi connectivity index (χ2v) is 15.4. The fourth-order valence-corrected chi connectivity index (χ4v) is 7.01. The number of carbonyl (C=O) groups excluding carboxylic acids is 1. The van der Waals surface area contributed by atoms with Gasteiger partial charge in [0.25, 0.3) is 5.91 Å². The van der Waals surface area contributed by atoms with E-state index in [-0.39, 0.29) is 17.1 Å². The van der Waals surface area contributed by atoms with Crippen LogP contribution in [0.5, 0.6) is 0 Å². The van der Waals surface area contributed by atoms with Crippen LogP contribution in [0.3, 0.4) is 0 Å². The molecule has 2 aromatic carbocycles. The van der Waals surface area contributed by atoms with Gasteiger partial charge in [-0.25, -0.2) is 9.18 Å². The van der Waals surface area contributed by atoms with E-state index in [9.17, 15) is 19.1 Å². The number of aryl methyl sites for hydroxylation is 2. The van der Waals surface area contributed by atoms with Gasteiger partial charge in [0.1, 0.15) is 5.82 Å². The van der Waals surface area contributed by atoms with Gasteiger partial charge in [-0.3, -0.25) is 9.78 Å². The summed E-state index contributed by atoms with van der Waals surface area (Å²) in [5, 5.41) is 12.4. The molecule has 1 N–H and O–H groups in total. The molecule has 0 spiro atoms. The second-order valence-electron chi connectivity index (χ2n) is 14.5. The summed E-state index contributed by atoms with van der Waals surface area (Å²) < 4.78 is 19.8. The summed E-state index contributed by atoms with van der Waals surface area (Å²) in [6, 6.07) is 18.0. The fourth-order valence-electron chi connectivity index (χ4n) is 6.32. The number of carboxylic acid groups (broad SMARTS) is 1. The zero-order valence-corrected chi connectivity index (χ0v) is 29.8. The van der Waals surface area contributed by atoms with Crippen molar-refractivity contribution in [3.63, 3.8) is 0 Å². The van der Waals surface area contributed by atoms with Crippen molar-refractivity contribution in [3.05, 3.63) is 105 Å². The van der Waals surface area contributed by atoms with Gasteiger partial charge in [-0.15, -0.1) is 11.3 Å². The van der Waals surface area contributed by atoms with Gasteiger partial charge in [-0.2, -0.15) is 0 Å². The van der Waals surface area contributed by atoms with Crippen LogP contribution in [-0.2, 0) is 22.6 Å². The van der Waals surface area contributed by atoms with E-state index in [1.807, 2.05) is 76.4 Å². The van der Waals surface area contributed by atoms with Crippen molar-refractivity contribution in [3.8, 4) is 11.1 Å². The highest BCUT2D eigenvalue weighted by Crippen LogP contribution is 2.45. The summed E-state index contributed by atoms with van der Waals surface area (Å²) in [6.45, 7) is 16.3. The predicted octanol–water partition coefficient (Wildman–Crippen LogP) is 8.98. The molecule has 1 amide bonds. The molecule has 7 nitrogen and oxygen atoms in total. The Morgan fingerprint density at radius 1 is 0.979 bits per heavy atom. The zero-order valence-electron chi connectivity index (χ0n) is 29.0. The lowest BCUT2D eigenvalue weighted by Crippen LogP contribution is -2.39. The van der Waals surface area contributed by atoms with Crippen molar-refractivity contribution in [2.24, 2.45) is 5.41 Å². The molecule has 3 heterocycles. The van der Waals surface area contributed by atoms with Crippen LogP contribution in [0, 0.1) is 25.1 Å². The molecule has 0 radical (unpaired) electrons. The summed E-state index contributed by atoms with van der Waals surface area (Å²) in [5.74, 6) is -1.45. The maximum Gasteiger partial charge on any atom is 0.337 e. The van der Waals surface area contributed by atoms with Crippen LogP contribution in [0.15, 0.2) is 66.0 Å². The van der Waals surface area contributed by atoms with Crippen LogP contribution in [0.4, 0.5) is 10.1 Å². The first-order chi connectivity index (χ1) is 22.6. The first kappa shape index (κ1) is 35.2. The molecule has 0 unspecified atom stereocenters. The van der Waals surface area contributed by atoms with E-state index in [2.05, 4.69) is 18.7 Å². The van der Waals surface area contributed by atoms with E-state index in [1.165, 1.54) is 23.5 Å². The average molecular weight is 672 g/mol. The minimum Gasteiger partial charge on any atom is -0.479 e. The van der Waals surface area contributed by atoms with Crippen molar-refractivity contribution in [1.82, 2.24) is 9.88 Å². The van der Waals surface area contributed by atoms with E-state index in [0.717, 1.165) is 59.6 Å². The van der Waals surface area contributed by atoms with Crippen LogP contribution >= 0.6 is 11.3 Å². The van der Waals surface area contributed by atoms with Crippen LogP contribution in [-0.4, -0.2) is 45.6 Å².